The molecule has 1 N–H and O–H groups in total. The lowest BCUT2D eigenvalue weighted by atomic mass is 9.96. The van der Waals surface area contributed by atoms with Crippen molar-refractivity contribution in [1.82, 2.24) is 10.2 Å². The number of nitrogens with zero attached hydrogens (tertiary/aromatic N) is 1. The number of carbonyl (C=O) groups is 1. The molecule has 1 aliphatic rings. The fraction of sp³-hybridized carbons (Fsp3) is 0.409. The maximum atomic E-state index is 12.5. The molecule has 1 saturated heterocycles. The van der Waals surface area contributed by atoms with E-state index in [-0.39, 0.29) is 11.8 Å². The van der Waals surface area contributed by atoms with Gasteiger partial charge in [-0.25, -0.2) is 0 Å². The smallest absolute Gasteiger partial charge is 0.224 e. The molecule has 2 aromatic rings. The van der Waals surface area contributed by atoms with Crippen LogP contribution in [0.3, 0.4) is 0 Å². The SMILES string of the molecule is O=C(NCCSCc1ccccc1Cl)C1CCCN(Cc2ccc(Cl)cc2)C1. The van der Waals surface area contributed by atoms with Crippen molar-refractivity contribution >= 4 is 40.9 Å². The number of thioether (sulfide) groups is 1. The lowest BCUT2D eigenvalue weighted by molar-refractivity contribution is -0.126. The monoisotopic (exact) mass is 436 g/mol. The summed E-state index contributed by atoms with van der Waals surface area (Å²) in [5.41, 5.74) is 2.38. The molecule has 1 atom stereocenters. The second kappa shape index (κ2) is 11.1. The summed E-state index contributed by atoms with van der Waals surface area (Å²) in [4.78, 5) is 14.9. The van der Waals surface area contributed by atoms with Crippen molar-refractivity contribution in [3.63, 3.8) is 0 Å². The average molecular weight is 437 g/mol. The molecule has 0 aromatic heterocycles. The van der Waals surface area contributed by atoms with Gasteiger partial charge in [-0.1, -0.05) is 53.5 Å². The van der Waals surface area contributed by atoms with Crippen LogP contribution in [-0.4, -0.2) is 36.2 Å². The van der Waals surface area contributed by atoms with Crippen molar-refractivity contribution in [2.24, 2.45) is 5.92 Å². The fourth-order valence-corrected chi connectivity index (χ4v) is 4.72. The van der Waals surface area contributed by atoms with E-state index in [4.69, 9.17) is 23.2 Å². The van der Waals surface area contributed by atoms with Crippen LogP contribution in [0, 0.1) is 5.92 Å². The Morgan fingerprint density at radius 1 is 1.14 bits per heavy atom. The summed E-state index contributed by atoms with van der Waals surface area (Å²) < 4.78 is 0. The third-order valence-electron chi connectivity index (χ3n) is 4.96. The van der Waals surface area contributed by atoms with Gasteiger partial charge in [-0.15, -0.1) is 0 Å². The van der Waals surface area contributed by atoms with Crippen molar-refractivity contribution in [2.45, 2.75) is 25.1 Å². The summed E-state index contributed by atoms with van der Waals surface area (Å²) in [7, 11) is 0. The van der Waals surface area contributed by atoms with Gasteiger partial charge in [0.2, 0.25) is 5.91 Å². The Kier molecular flexibility index (Phi) is 8.53. The van der Waals surface area contributed by atoms with Crippen LogP contribution in [0.2, 0.25) is 10.0 Å². The number of hydrogen-bond acceptors (Lipinski definition) is 3. The standard InChI is InChI=1S/C22H26Cl2N2OS/c23-20-9-7-17(8-10-20)14-26-12-3-5-18(15-26)22(27)25-11-13-28-16-19-4-1-2-6-21(19)24/h1-2,4,6-10,18H,3,5,11-16H2,(H,25,27). The summed E-state index contributed by atoms with van der Waals surface area (Å²) in [6, 6.07) is 15.9. The predicted molar refractivity (Wildman–Crippen MR) is 120 cm³/mol. The van der Waals surface area contributed by atoms with E-state index >= 15 is 0 Å². The van der Waals surface area contributed by atoms with Crippen LogP contribution < -0.4 is 5.32 Å². The molecule has 0 saturated carbocycles. The van der Waals surface area contributed by atoms with Gasteiger partial charge >= 0.3 is 0 Å². The number of rotatable bonds is 8. The van der Waals surface area contributed by atoms with Crippen LogP contribution in [-0.2, 0) is 17.1 Å². The molecule has 1 unspecified atom stereocenters. The molecular weight excluding hydrogens is 411 g/mol. The van der Waals surface area contributed by atoms with Crippen LogP contribution in [0.1, 0.15) is 24.0 Å². The first-order chi connectivity index (χ1) is 13.6. The quantitative estimate of drug-likeness (QED) is 0.573. The minimum Gasteiger partial charge on any atom is -0.355 e. The van der Waals surface area contributed by atoms with Gasteiger partial charge in [-0.2, -0.15) is 11.8 Å². The average Bonchev–Trinajstić information content (AvgIpc) is 2.71. The molecule has 28 heavy (non-hydrogen) atoms. The fourth-order valence-electron chi connectivity index (χ4n) is 3.45. The van der Waals surface area contributed by atoms with Gasteiger partial charge in [0.15, 0.2) is 0 Å². The zero-order chi connectivity index (χ0) is 19.8. The highest BCUT2D eigenvalue weighted by Crippen LogP contribution is 2.21. The Labute approximate surface area is 181 Å². The normalized spacial score (nSPS) is 17.4. The Balaban J connectivity index is 1.36. The second-order valence-corrected chi connectivity index (χ2v) is 9.08. The van der Waals surface area contributed by atoms with Gasteiger partial charge in [0, 0.05) is 41.2 Å². The van der Waals surface area contributed by atoms with E-state index in [9.17, 15) is 4.79 Å². The van der Waals surface area contributed by atoms with Crippen molar-refractivity contribution in [3.8, 4) is 0 Å². The van der Waals surface area contributed by atoms with E-state index in [0.29, 0.717) is 6.54 Å². The molecule has 3 nitrogen and oxygen atoms in total. The van der Waals surface area contributed by atoms with E-state index in [0.717, 1.165) is 59.6 Å². The summed E-state index contributed by atoms with van der Waals surface area (Å²) in [6.45, 7) is 3.43. The van der Waals surface area contributed by atoms with Crippen molar-refractivity contribution in [3.05, 3.63) is 69.7 Å². The van der Waals surface area contributed by atoms with Crippen LogP contribution in [0.15, 0.2) is 48.5 Å². The lowest BCUT2D eigenvalue weighted by Gasteiger charge is -2.32. The van der Waals surface area contributed by atoms with E-state index in [2.05, 4.69) is 22.3 Å². The maximum absolute atomic E-state index is 12.5. The van der Waals surface area contributed by atoms with Crippen molar-refractivity contribution in [2.75, 3.05) is 25.4 Å². The maximum Gasteiger partial charge on any atom is 0.224 e. The van der Waals surface area contributed by atoms with Crippen LogP contribution >= 0.6 is 35.0 Å². The summed E-state index contributed by atoms with van der Waals surface area (Å²) >= 11 is 13.9. The van der Waals surface area contributed by atoms with Crippen LogP contribution in [0.4, 0.5) is 0 Å². The molecule has 3 rings (SSSR count). The summed E-state index contributed by atoms with van der Waals surface area (Å²) in [6.07, 6.45) is 2.03. The second-order valence-electron chi connectivity index (χ2n) is 7.14. The Hall–Kier alpha value is -1.20. The van der Waals surface area contributed by atoms with Gasteiger partial charge in [0.05, 0.1) is 5.92 Å². The molecule has 6 heteroatoms. The van der Waals surface area contributed by atoms with Gasteiger partial charge in [0.25, 0.3) is 0 Å². The van der Waals surface area contributed by atoms with E-state index < -0.39 is 0 Å². The van der Waals surface area contributed by atoms with E-state index in [1.807, 2.05) is 36.4 Å². The molecule has 150 valence electrons. The molecular formula is C22H26Cl2N2OS. The predicted octanol–water partition coefficient (Wildman–Crippen LogP) is 5.26. The molecule has 1 heterocycles. The molecule has 2 aromatic carbocycles. The number of nitrogens with one attached hydrogen (secondary N) is 1. The summed E-state index contributed by atoms with van der Waals surface area (Å²) in [5, 5.41) is 4.67. The Morgan fingerprint density at radius 2 is 1.93 bits per heavy atom. The molecule has 0 radical (unpaired) electrons. The number of hydrogen-bond donors (Lipinski definition) is 1. The van der Waals surface area contributed by atoms with Gasteiger partial charge in [0.1, 0.15) is 0 Å². The van der Waals surface area contributed by atoms with Crippen molar-refractivity contribution in [1.29, 1.82) is 0 Å². The minimum atomic E-state index is 0.0783. The highest BCUT2D eigenvalue weighted by molar-refractivity contribution is 7.98. The van der Waals surface area contributed by atoms with E-state index in [1.54, 1.807) is 11.8 Å². The molecule has 0 bridgehead atoms. The van der Waals surface area contributed by atoms with Gasteiger partial charge < -0.3 is 5.32 Å². The number of carbonyl (C=O) groups excluding carboxylic acids is 1. The Bertz CT molecular complexity index is 769. The van der Waals surface area contributed by atoms with Crippen LogP contribution in [0.5, 0.6) is 0 Å². The zero-order valence-electron chi connectivity index (χ0n) is 15.9. The number of amides is 1. The molecule has 0 aliphatic carbocycles. The minimum absolute atomic E-state index is 0.0783. The first-order valence-corrected chi connectivity index (χ1v) is 11.6. The molecule has 0 spiro atoms. The number of piperidine rings is 1. The lowest BCUT2D eigenvalue weighted by Crippen LogP contribution is -2.43. The largest absolute Gasteiger partial charge is 0.355 e. The first-order valence-electron chi connectivity index (χ1n) is 9.67. The Morgan fingerprint density at radius 3 is 2.71 bits per heavy atom. The molecule has 1 amide bonds. The van der Waals surface area contributed by atoms with E-state index in [1.165, 1.54) is 5.56 Å². The third kappa shape index (κ3) is 6.70. The molecule has 1 fully saturated rings. The highest BCUT2D eigenvalue weighted by atomic mass is 35.5. The summed E-state index contributed by atoms with van der Waals surface area (Å²) in [5.74, 6) is 2.01. The number of halogens is 2. The van der Waals surface area contributed by atoms with Gasteiger partial charge in [-0.05, 0) is 48.7 Å². The zero-order valence-corrected chi connectivity index (χ0v) is 18.2. The third-order valence-corrected chi connectivity index (χ3v) is 6.59. The topological polar surface area (TPSA) is 32.3 Å². The number of benzene rings is 2. The van der Waals surface area contributed by atoms with Crippen LogP contribution in [0.25, 0.3) is 0 Å². The first kappa shape index (κ1) is 21.5. The molecule has 1 aliphatic heterocycles. The highest BCUT2D eigenvalue weighted by Gasteiger charge is 2.25. The van der Waals surface area contributed by atoms with Gasteiger partial charge in [-0.3, -0.25) is 9.69 Å². The van der Waals surface area contributed by atoms with Crippen molar-refractivity contribution < 1.29 is 4.79 Å². The number of likely N-dealkylation sites (tertiary alicyclic amines) is 1.